The lowest BCUT2D eigenvalue weighted by atomic mass is 9.96. The highest BCUT2D eigenvalue weighted by Gasteiger charge is 2.14. The predicted molar refractivity (Wildman–Crippen MR) is 106 cm³/mol. The largest absolute Gasteiger partial charge is 0.289 e. The first kappa shape index (κ1) is 18.4. The van der Waals surface area contributed by atoms with Gasteiger partial charge in [0.15, 0.2) is 11.6 Å². The number of aryl methyl sites for hydroxylation is 2. The third kappa shape index (κ3) is 3.72. The van der Waals surface area contributed by atoms with Gasteiger partial charge < -0.3 is 0 Å². The minimum atomic E-state index is -0.105. The van der Waals surface area contributed by atoms with Crippen molar-refractivity contribution in [1.29, 1.82) is 0 Å². The molecule has 0 atom stereocenters. The first-order valence-electron chi connectivity index (χ1n) is 8.08. The molecule has 0 N–H and O–H groups in total. The highest BCUT2D eigenvalue weighted by atomic mass is 35.5. The highest BCUT2D eigenvalue weighted by Crippen LogP contribution is 2.21. The molecule has 2 nitrogen and oxygen atoms in total. The molecule has 26 heavy (non-hydrogen) atoms. The van der Waals surface area contributed by atoms with Crippen LogP contribution in [0.15, 0.2) is 60.7 Å². The molecule has 3 aromatic rings. The van der Waals surface area contributed by atoms with E-state index in [0.717, 1.165) is 11.1 Å². The average Bonchev–Trinajstić information content (AvgIpc) is 2.63. The second kappa shape index (κ2) is 7.45. The Kier molecular flexibility index (Phi) is 5.26. The third-order valence-corrected chi connectivity index (χ3v) is 4.92. The van der Waals surface area contributed by atoms with Crippen LogP contribution in [0.2, 0.25) is 10.0 Å². The highest BCUT2D eigenvalue weighted by molar-refractivity contribution is 6.31. The molecule has 0 aliphatic heterocycles. The van der Waals surface area contributed by atoms with Crippen LogP contribution in [0.3, 0.4) is 0 Å². The van der Waals surface area contributed by atoms with E-state index in [0.29, 0.717) is 32.3 Å². The molecular weight excluding hydrogens is 367 g/mol. The zero-order chi connectivity index (χ0) is 18.8. The molecule has 0 amide bonds. The first-order chi connectivity index (χ1) is 12.4. The van der Waals surface area contributed by atoms with Gasteiger partial charge in [-0.1, -0.05) is 47.5 Å². The number of hydrogen-bond acceptors (Lipinski definition) is 2. The number of halogens is 2. The maximum Gasteiger partial charge on any atom is 0.193 e. The van der Waals surface area contributed by atoms with Gasteiger partial charge in [0.05, 0.1) is 0 Å². The van der Waals surface area contributed by atoms with Crippen molar-refractivity contribution >= 4 is 34.8 Å². The van der Waals surface area contributed by atoms with Crippen molar-refractivity contribution in [2.24, 2.45) is 0 Å². The van der Waals surface area contributed by atoms with Crippen LogP contribution in [0.5, 0.6) is 0 Å². The zero-order valence-electron chi connectivity index (χ0n) is 14.3. The normalized spacial score (nSPS) is 10.6. The van der Waals surface area contributed by atoms with Gasteiger partial charge in [-0.05, 0) is 61.4 Å². The fraction of sp³-hybridized carbons (Fsp3) is 0.0909. The maximum absolute atomic E-state index is 12.7. The van der Waals surface area contributed by atoms with Crippen LogP contribution in [0.25, 0.3) is 0 Å². The second-order valence-electron chi connectivity index (χ2n) is 6.16. The van der Waals surface area contributed by atoms with E-state index < -0.39 is 0 Å². The minimum absolute atomic E-state index is 0.0968. The Hall–Kier alpha value is -2.42. The molecule has 0 saturated heterocycles. The Morgan fingerprint density at radius 2 is 1.23 bits per heavy atom. The SMILES string of the molecule is Cc1cc(C(=O)c2ccc(C(=O)c3ccc(Cl)cc3C)cc2)ccc1Cl. The molecule has 0 heterocycles. The zero-order valence-corrected chi connectivity index (χ0v) is 15.9. The summed E-state index contributed by atoms with van der Waals surface area (Å²) in [6.45, 7) is 3.70. The van der Waals surface area contributed by atoms with Crippen LogP contribution in [-0.4, -0.2) is 11.6 Å². The van der Waals surface area contributed by atoms with Crippen LogP contribution in [0, 0.1) is 13.8 Å². The summed E-state index contributed by atoms with van der Waals surface area (Å²) < 4.78 is 0. The standard InChI is InChI=1S/C22H16Cl2O2/c1-13-12-18(23)8-9-19(13)22(26)16-5-3-15(4-6-16)21(25)17-7-10-20(24)14(2)11-17/h3-12H,1-2H3. The van der Waals surface area contributed by atoms with Crippen molar-refractivity contribution in [1.82, 2.24) is 0 Å². The van der Waals surface area contributed by atoms with Gasteiger partial charge in [-0.25, -0.2) is 0 Å². The summed E-state index contributed by atoms with van der Waals surface area (Å²) in [6.07, 6.45) is 0. The van der Waals surface area contributed by atoms with Crippen molar-refractivity contribution in [3.05, 3.63) is 104 Å². The van der Waals surface area contributed by atoms with Crippen molar-refractivity contribution in [2.75, 3.05) is 0 Å². The van der Waals surface area contributed by atoms with Crippen molar-refractivity contribution in [3.63, 3.8) is 0 Å². The molecule has 3 aromatic carbocycles. The number of hydrogen-bond donors (Lipinski definition) is 0. The maximum atomic E-state index is 12.7. The first-order valence-corrected chi connectivity index (χ1v) is 8.84. The van der Waals surface area contributed by atoms with Crippen LogP contribution in [-0.2, 0) is 0 Å². The summed E-state index contributed by atoms with van der Waals surface area (Å²) in [7, 11) is 0. The Labute approximate surface area is 162 Å². The average molecular weight is 383 g/mol. The van der Waals surface area contributed by atoms with Gasteiger partial charge in [0.25, 0.3) is 0 Å². The van der Waals surface area contributed by atoms with Gasteiger partial charge in [-0.3, -0.25) is 9.59 Å². The van der Waals surface area contributed by atoms with Gasteiger partial charge >= 0.3 is 0 Å². The fourth-order valence-corrected chi connectivity index (χ4v) is 3.11. The van der Waals surface area contributed by atoms with Crippen LogP contribution in [0.4, 0.5) is 0 Å². The number of carbonyl (C=O) groups excluding carboxylic acids is 2. The lowest BCUT2D eigenvalue weighted by Gasteiger charge is -2.07. The van der Waals surface area contributed by atoms with Gasteiger partial charge in [0.2, 0.25) is 0 Å². The van der Waals surface area contributed by atoms with E-state index in [2.05, 4.69) is 0 Å². The van der Waals surface area contributed by atoms with Crippen LogP contribution in [0.1, 0.15) is 43.0 Å². The molecule has 0 fully saturated rings. The number of ketones is 2. The molecule has 0 spiro atoms. The second-order valence-corrected chi connectivity index (χ2v) is 7.00. The molecule has 0 saturated carbocycles. The molecule has 0 aliphatic carbocycles. The molecule has 0 aromatic heterocycles. The van der Waals surface area contributed by atoms with Crippen molar-refractivity contribution in [2.45, 2.75) is 13.8 Å². The van der Waals surface area contributed by atoms with E-state index >= 15 is 0 Å². The Morgan fingerprint density at radius 1 is 0.654 bits per heavy atom. The number of benzene rings is 3. The third-order valence-electron chi connectivity index (χ3n) is 4.26. The lowest BCUT2D eigenvalue weighted by Crippen LogP contribution is -2.06. The summed E-state index contributed by atoms with van der Waals surface area (Å²) >= 11 is 12.0. The number of rotatable bonds is 4. The predicted octanol–water partition coefficient (Wildman–Crippen LogP) is 6.07. The fourth-order valence-electron chi connectivity index (χ4n) is 2.76. The topological polar surface area (TPSA) is 34.1 Å². The summed E-state index contributed by atoms with van der Waals surface area (Å²) in [6, 6.07) is 17.0. The summed E-state index contributed by atoms with van der Waals surface area (Å²) in [5.74, 6) is -0.202. The number of carbonyl (C=O) groups is 2. The Balaban J connectivity index is 1.87. The van der Waals surface area contributed by atoms with E-state index in [1.807, 2.05) is 13.8 Å². The van der Waals surface area contributed by atoms with Crippen LogP contribution < -0.4 is 0 Å². The van der Waals surface area contributed by atoms with Gasteiger partial charge in [0, 0.05) is 32.3 Å². The summed E-state index contributed by atoms with van der Waals surface area (Å²) in [4.78, 5) is 25.3. The van der Waals surface area contributed by atoms with E-state index in [1.54, 1.807) is 60.7 Å². The van der Waals surface area contributed by atoms with E-state index in [1.165, 1.54) is 0 Å². The molecular formula is C22H16Cl2O2. The van der Waals surface area contributed by atoms with Gasteiger partial charge in [0.1, 0.15) is 0 Å². The summed E-state index contributed by atoms with van der Waals surface area (Å²) in [5, 5.41) is 1.22. The minimum Gasteiger partial charge on any atom is -0.289 e. The van der Waals surface area contributed by atoms with E-state index in [9.17, 15) is 9.59 Å². The van der Waals surface area contributed by atoms with E-state index in [4.69, 9.17) is 23.2 Å². The molecule has 0 aliphatic rings. The Bertz CT molecular complexity index is 1010. The summed E-state index contributed by atoms with van der Waals surface area (Å²) in [5.41, 5.74) is 3.89. The van der Waals surface area contributed by atoms with Crippen LogP contribution >= 0.6 is 23.2 Å². The van der Waals surface area contributed by atoms with Crippen molar-refractivity contribution in [3.8, 4) is 0 Å². The van der Waals surface area contributed by atoms with E-state index in [-0.39, 0.29) is 11.6 Å². The lowest BCUT2D eigenvalue weighted by molar-refractivity contribution is 0.102. The monoisotopic (exact) mass is 382 g/mol. The smallest absolute Gasteiger partial charge is 0.193 e. The molecule has 0 unspecified atom stereocenters. The molecule has 130 valence electrons. The van der Waals surface area contributed by atoms with Gasteiger partial charge in [-0.2, -0.15) is 0 Å². The quantitative estimate of drug-likeness (QED) is 0.512. The Morgan fingerprint density at radius 3 is 1.81 bits per heavy atom. The molecule has 0 radical (unpaired) electrons. The van der Waals surface area contributed by atoms with Crippen molar-refractivity contribution < 1.29 is 9.59 Å². The molecule has 3 rings (SSSR count). The van der Waals surface area contributed by atoms with Gasteiger partial charge in [-0.15, -0.1) is 0 Å². The molecule has 0 bridgehead atoms. The molecule has 4 heteroatoms.